The van der Waals surface area contributed by atoms with Crippen LogP contribution in [0.2, 0.25) is 0 Å². The molecular formula is C15H14I3NO3. The molecule has 2 aromatic rings. The van der Waals surface area contributed by atoms with Crippen LogP contribution in [0.4, 0.5) is 0 Å². The topological polar surface area (TPSA) is 75.7 Å². The Bertz CT molecular complexity index is 656. The Morgan fingerprint density at radius 1 is 1.05 bits per heavy atom. The van der Waals surface area contributed by atoms with Crippen LogP contribution >= 0.6 is 67.8 Å². The van der Waals surface area contributed by atoms with Gasteiger partial charge < -0.3 is 20.7 Å². The third-order valence-electron chi connectivity index (χ3n) is 2.95. The lowest BCUT2D eigenvalue weighted by atomic mass is 10.1. The van der Waals surface area contributed by atoms with Crippen molar-refractivity contribution in [3.63, 3.8) is 0 Å². The Hall–Kier alpha value is 0.150. The van der Waals surface area contributed by atoms with Crippen molar-refractivity contribution >= 4 is 67.8 Å². The average molecular weight is 637 g/mol. The van der Waals surface area contributed by atoms with Crippen molar-refractivity contribution in [2.24, 2.45) is 5.73 Å². The molecule has 0 saturated carbocycles. The highest BCUT2D eigenvalue weighted by atomic mass is 127. The van der Waals surface area contributed by atoms with Crippen LogP contribution in [0, 0.1) is 10.7 Å². The molecule has 0 radical (unpaired) electrons. The van der Waals surface area contributed by atoms with E-state index in [0.29, 0.717) is 12.2 Å². The molecule has 0 unspecified atom stereocenters. The zero-order valence-electron chi connectivity index (χ0n) is 11.4. The van der Waals surface area contributed by atoms with Gasteiger partial charge in [0.2, 0.25) is 0 Å². The second kappa shape index (κ2) is 8.31. The molecular weight excluding hydrogens is 623 g/mol. The van der Waals surface area contributed by atoms with Crippen molar-refractivity contribution in [3.05, 3.63) is 46.6 Å². The number of phenols is 1. The fourth-order valence-electron chi connectivity index (χ4n) is 1.85. The quantitative estimate of drug-likeness (QED) is 0.436. The predicted octanol–water partition coefficient (Wildman–Crippen LogP) is 3.86. The SMILES string of the molecule is N[C@@H](CO)Cc1ccc(Oc2cc(I)c(O)c(I)c2)c(I)c1. The number of aliphatic hydroxyl groups is 1. The maximum atomic E-state index is 9.79. The van der Waals surface area contributed by atoms with Crippen LogP contribution in [-0.4, -0.2) is 22.9 Å². The van der Waals surface area contributed by atoms with E-state index >= 15 is 0 Å². The second-order valence-corrected chi connectivity index (χ2v) is 8.24. The Balaban J connectivity index is 2.20. The van der Waals surface area contributed by atoms with Crippen LogP contribution < -0.4 is 10.5 Å². The first-order chi connectivity index (χ1) is 10.4. The summed E-state index contributed by atoms with van der Waals surface area (Å²) in [6, 6.07) is 9.19. The van der Waals surface area contributed by atoms with E-state index in [4.69, 9.17) is 15.6 Å². The van der Waals surface area contributed by atoms with E-state index in [2.05, 4.69) is 67.8 Å². The summed E-state index contributed by atoms with van der Waals surface area (Å²) in [7, 11) is 0. The van der Waals surface area contributed by atoms with Gasteiger partial charge in [0.05, 0.1) is 17.3 Å². The molecule has 0 aliphatic rings. The minimum absolute atomic E-state index is 0.0286. The lowest BCUT2D eigenvalue weighted by molar-refractivity contribution is 0.265. The molecule has 0 heterocycles. The number of nitrogens with two attached hydrogens (primary N) is 1. The molecule has 2 aromatic carbocycles. The monoisotopic (exact) mass is 637 g/mol. The fraction of sp³-hybridized carbons (Fsp3) is 0.200. The number of ether oxygens (including phenoxy) is 1. The first-order valence-electron chi connectivity index (χ1n) is 6.41. The van der Waals surface area contributed by atoms with E-state index < -0.39 is 0 Å². The zero-order chi connectivity index (χ0) is 16.3. The highest BCUT2D eigenvalue weighted by molar-refractivity contribution is 14.1. The van der Waals surface area contributed by atoms with Crippen LogP contribution in [0.3, 0.4) is 0 Å². The lowest BCUT2D eigenvalue weighted by Gasteiger charge is -2.12. The fourth-order valence-corrected chi connectivity index (χ4v) is 4.25. The summed E-state index contributed by atoms with van der Waals surface area (Å²) in [5.41, 5.74) is 6.82. The maximum Gasteiger partial charge on any atom is 0.142 e. The normalized spacial score (nSPS) is 12.2. The molecule has 22 heavy (non-hydrogen) atoms. The van der Waals surface area contributed by atoms with Gasteiger partial charge in [0.25, 0.3) is 0 Å². The van der Waals surface area contributed by atoms with Crippen LogP contribution in [-0.2, 0) is 6.42 Å². The van der Waals surface area contributed by atoms with E-state index in [0.717, 1.165) is 22.0 Å². The van der Waals surface area contributed by atoms with Gasteiger partial charge in [0.1, 0.15) is 17.2 Å². The number of aromatic hydroxyl groups is 1. The van der Waals surface area contributed by atoms with Gasteiger partial charge in [-0.3, -0.25) is 0 Å². The molecule has 0 aliphatic heterocycles. The van der Waals surface area contributed by atoms with Crippen molar-refractivity contribution in [1.29, 1.82) is 0 Å². The van der Waals surface area contributed by atoms with Crippen LogP contribution in [0.25, 0.3) is 0 Å². The molecule has 118 valence electrons. The minimum Gasteiger partial charge on any atom is -0.506 e. The Morgan fingerprint density at radius 3 is 2.23 bits per heavy atom. The molecule has 0 fully saturated rings. The van der Waals surface area contributed by atoms with Crippen molar-refractivity contribution in [2.45, 2.75) is 12.5 Å². The summed E-state index contributed by atoms with van der Waals surface area (Å²) in [5, 5.41) is 18.8. The Kier molecular flexibility index (Phi) is 6.98. The van der Waals surface area contributed by atoms with E-state index in [-0.39, 0.29) is 18.4 Å². The minimum atomic E-state index is -0.247. The average Bonchev–Trinajstić information content (AvgIpc) is 2.47. The van der Waals surface area contributed by atoms with Crippen molar-refractivity contribution < 1.29 is 14.9 Å². The summed E-state index contributed by atoms with van der Waals surface area (Å²) >= 11 is 6.37. The van der Waals surface area contributed by atoms with Gasteiger partial charge in [0.15, 0.2) is 0 Å². The number of aliphatic hydroxyl groups excluding tert-OH is 1. The Morgan fingerprint density at radius 2 is 1.68 bits per heavy atom. The van der Waals surface area contributed by atoms with Gasteiger partial charge in [-0.1, -0.05) is 6.07 Å². The van der Waals surface area contributed by atoms with Crippen LogP contribution in [0.15, 0.2) is 30.3 Å². The molecule has 0 bridgehead atoms. The molecule has 1 atom stereocenters. The van der Waals surface area contributed by atoms with Crippen LogP contribution in [0.5, 0.6) is 17.2 Å². The van der Waals surface area contributed by atoms with E-state index in [1.807, 2.05) is 18.2 Å². The lowest BCUT2D eigenvalue weighted by Crippen LogP contribution is -2.26. The number of benzene rings is 2. The van der Waals surface area contributed by atoms with Gasteiger partial charge in [-0.25, -0.2) is 0 Å². The molecule has 7 heteroatoms. The van der Waals surface area contributed by atoms with E-state index in [1.54, 1.807) is 12.1 Å². The third-order valence-corrected chi connectivity index (χ3v) is 5.43. The number of halogens is 3. The second-order valence-electron chi connectivity index (χ2n) is 4.75. The van der Waals surface area contributed by atoms with E-state index in [1.165, 1.54) is 0 Å². The van der Waals surface area contributed by atoms with Gasteiger partial charge in [0, 0.05) is 6.04 Å². The Labute approximate surface area is 169 Å². The first kappa shape index (κ1) is 18.5. The summed E-state index contributed by atoms with van der Waals surface area (Å²) in [6.45, 7) is -0.0286. The van der Waals surface area contributed by atoms with Crippen molar-refractivity contribution in [3.8, 4) is 17.2 Å². The maximum absolute atomic E-state index is 9.79. The molecule has 0 aliphatic carbocycles. The summed E-state index contributed by atoms with van der Waals surface area (Å²) in [6.07, 6.45) is 0.627. The third kappa shape index (κ3) is 4.82. The van der Waals surface area contributed by atoms with Gasteiger partial charge in [-0.05, 0) is 104 Å². The highest BCUT2D eigenvalue weighted by Crippen LogP contribution is 2.34. The number of hydrogen-bond acceptors (Lipinski definition) is 4. The van der Waals surface area contributed by atoms with E-state index in [9.17, 15) is 5.11 Å². The molecule has 4 N–H and O–H groups in total. The van der Waals surface area contributed by atoms with Crippen molar-refractivity contribution in [1.82, 2.24) is 0 Å². The molecule has 0 amide bonds. The van der Waals surface area contributed by atoms with Gasteiger partial charge in [-0.15, -0.1) is 0 Å². The first-order valence-corrected chi connectivity index (χ1v) is 9.65. The summed E-state index contributed by atoms with van der Waals surface area (Å²) in [5.74, 6) is 1.71. The van der Waals surface area contributed by atoms with Crippen molar-refractivity contribution in [2.75, 3.05) is 6.61 Å². The number of rotatable bonds is 5. The zero-order valence-corrected chi connectivity index (χ0v) is 17.9. The smallest absolute Gasteiger partial charge is 0.142 e. The largest absolute Gasteiger partial charge is 0.506 e. The standard InChI is InChI=1S/C15H14I3NO3/c16-11-4-8(3-9(19)7-20)1-2-14(11)22-10-5-12(17)15(21)13(18)6-10/h1-2,4-6,9,20-21H,3,7,19H2/t9-/m1/s1. The molecule has 0 saturated heterocycles. The number of hydrogen-bond donors (Lipinski definition) is 3. The van der Waals surface area contributed by atoms with Crippen LogP contribution in [0.1, 0.15) is 5.56 Å². The molecule has 0 spiro atoms. The highest BCUT2D eigenvalue weighted by Gasteiger charge is 2.10. The number of phenolic OH excluding ortho intramolecular Hbond substituents is 1. The summed E-state index contributed by atoms with van der Waals surface area (Å²) < 4.78 is 8.37. The molecule has 2 rings (SSSR count). The molecule has 0 aromatic heterocycles. The molecule has 4 nitrogen and oxygen atoms in total. The predicted molar refractivity (Wildman–Crippen MR) is 112 cm³/mol. The van der Waals surface area contributed by atoms with Gasteiger partial charge >= 0.3 is 0 Å². The summed E-state index contributed by atoms with van der Waals surface area (Å²) in [4.78, 5) is 0. The van der Waals surface area contributed by atoms with Gasteiger partial charge in [-0.2, -0.15) is 0 Å².